The van der Waals surface area contributed by atoms with Gasteiger partial charge in [-0.05, 0) is 42.8 Å². The van der Waals surface area contributed by atoms with Gasteiger partial charge < -0.3 is 10.1 Å². The number of amides is 1. The van der Waals surface area contributed by atoms with Crippen molar-refractivity contribution in [3.05, 3.63) is 54.1 Å². The summed E-state index contributed by atoms with van der Waals surface area (Å²) in [6.45, 7) is 0.101. The minimum absolute atomic E-state index is 0.0236. The van der Waals surface area contributed by atoms with Crippen LogP contribution in [-0.4, -0.2) is 39.3 Å². The van der Waals surface area contributed by atoms with Crippen LogP contribution >= 0.6 is 0 Å². The van der Waals surface area contributed by atoms with E-state index >= 15 is 0 Å². The lowest BCUT2D eigenvalue weighted by Crippen LogP contribution is -2.28. The van der Waals surface area contributed by atoms with Gasteiger partial charge in [-0.3, -0.25) is 4.79 Å². The van der Waals surface area contributed by atoms with E-state index in [0.29, 0.717) is 0 Å². The van der Waals surface area contributed by atoms with Crippen molar-refractivity contribution in [1.82, 2.24) is 4.31 Å². The molecule has 146 valence electrons. The number of anilines is 1. The van der Waals surface area contributed by atoms with E-state index in [2.05, 4.69) is 5.32 Å². The molecule has 0 saturated heterocycles. The van der Waals surface area contributed by atoms with Crippen molar-refractivity contribution in [2.75, 3.05) is 26.0 Å². The summed E-state index contributed by atoms with van der Waals surface area (Å²) in [4.78, 5) is 11.9. The topological polar surface area (TPSA) is 75.7 Å². The molecule has 0 radical (unpaired) electrons. The van der Waals surface area contributed by atoms with Gasteiger partial charge in [-0.1, -0.05) is 0 Å². The first-order valence-corrected chi connectivity index (χ1v) is 9.53. The third-order valence-electron chi connectivity index (χ3n) is 3.83. The normalized spacial score (nSPS) is 11.4. The number of carbonyl (C=O) groups excluding carboxylic acids is 1. The summed E-state index contributed by atoms with van der Waals surface area (Å²) in [6, 6.07) is 8.56. The van der Waals surface area contributed by atoms with Gasteiger partial charge in [-0.15, -0.1) is 0 Å². The number of rotatable bonds is 8. The maximum absolute atomic E-state index is 13.6. The minimum Gasteiger partial charge on any atom is -0.494 e. The van der Waals surface area contributed by atoms with E-state index in [4.69, 9.17) is 4.74 Å². The lowest BCUT2D eigenvalue weighted by atomic mass is 10.2. The fourth-order valence-electron chi connectivity index (χ4n) is 2.34. The van der Waals surface area contributed by atoms with Crippen molar-refractivity contribution in [1.29, 1.82) is 0 Å². The number of methoxy groups -OCH3 is 1. The Kier molecular flexibility index (Phi) is 6.86. The highest BCUT2D eigenvalue weighted by molar-refractivity contribution is 7.89. The van der Waals surface area contributed by atoms with Crippen LogP contribution in [0.25, 0.3) is 0 Å². The van der Waals surface area contributed by atoms with E-state index < -0.39 is 21.7 Å². The zero-order chi connectivity index (χ0) is 20.0. The Hall–Kier alpha value is -2.52. The first-order valence-electron chi connectivity index (χ1n) is 8.09. The number of benzene rings is 2. The zero-order valence-electron chi connectivity index (χ0n) is 14.9. The first-order chi connectivity index (χ1) is 12.7. The van der Waals surface area contributed by atoms with Gasteiger partial charge >= 0.3 is 0 Å². The number of hydrogen-bond donors (Lipinski definition) is 1. The molecule has 0 aromatic heterocycles. The zero-order valence-corrected chi connectivity index (χ0v) is 15.7. The van der Waals surface area contributed by atoms with Crippen LogP contribution < -0.4 is 10.1 Å². The molecule has 1 N–H and O–H groups in total. The van der Waals surface area contributed by atoms with Crippen LogP contribution in [0, 0.1) is 11.6 Å². The highest BCUT2D eigenvalue weighted by Gasteiger charge is 2.20. The molecule has 0 unspecified atom stereocenters. The summed E-state index contributed by atoms with van der Waals surface area (Å²) in [7, 11) is -1.03. The lowest BCUT2D eigenvalue weighted by Gasteiger charge is -2.17. The van der Waals surface area contributed by atoms with Crippen molar-refractivity contribution in [3.63, 3.8) is 0 Å². The smallest absolute Gasteiger partial charge is 0.242 e. The van der Waals surface area contributed by atoms with Gasteiger partial charge in [0.2, 0.25) is 15.9 Å². The van der Waals surface area contributed by atoms with Crippen LogP contribution in [0.3, 0.4) is 0 Å². The predicted molar refractivity (Wildman–Crippen MR) is 97.0 cm³/mol. The molecule has 0 saturated carbocycles. The second-order valence-electron chi connectivity index (χ2n) is 5.78. The highest BCUT2D eigenvalue weighted by atomic mass is 32.2. The molecule has 2 aromatic carbocycles. The number of ether oxygens (including phenoxy) is 1. The van der Waals surface area contributed by atoms with E-state index in [0.717, 1.165) is 22.5 Å². The lowest BCUT2D eigenvalue weighted by molar-refractivity contribution is -0.116. The van der Waals surface area contributed by atoms with Crippen molar-refractivity contribution in [2.24, 2.45) is 0 Å². The van der Waals surface area contributed by atoms with Crippen LogP contribution in [0.15, 0.2) is 47.4 Å². The Morgan fingerprint density at radius 2 is 1.81 bits per heavy atom. The van der Waals surface area contributed by atoms with Crippen molar-refractivity contribution < 1.29 is 26.7 Å². The summed E-state index contributed by atoms with van der Waals surface area (Å²) in [5.74, 6) is -1.42. The Balaban J connectivity index is 1.86. The molecule has 0 fully saturated rings. The summed E-state index contributed by atoms with van der Waals surface area (Å²) in [5.41, 5.74) is 0.283. The number of nitrogens with zero attached hydrogens (tertiary/aromatic N) is 1. The molecule has 9 heteroatoms. The van der Waals surface area contributed by atoms with E-state index in [1.807, 2.05) is 0 Å². The van der Waals surface area contributed by atoms with Gasteiger partial charge in [0.25, 0.3) is 0 Å². The third kappa shape index (κ3) is 5.48. The van der Waals surface area contributed by atoms with Crippen molar-refractivity contribution in [3.8, 4) is 5.75 Å². The highest BCUT2D eigenvalue weighted by Crippen LogP contribution is 2.21. The predicted octanol–water partition coefficient (Wildman–Crippen LogP) is 3.01. The molecule has 0 aliphatic rings. The molecular formula is C18H20F2N2O4S. The number of sulfonamides is 1. The molecule has 0 spiro atoms. The Labute approximate surface area is 156 Å². The molecular weight excluding hydrogens is 378 g/mol. The molecule has 6 nitrogen and oxygen atoms in total. The molecule has 0 atom stereocenters. The van der Waals surface area contributed by atoms with Gasteiger partial charge in [0.1, 0.15) is 5.82 Å². The fraction of sp³-hybridized carbons (Fsp3) is 0.278. The Morgan fingerprint density at radius 1 is 1.15 bits per heavy atom. The van der Waals surface area contributed by atoms with Crippen LogP contribution in [0.5, 0.6) is 5.75 Å². The molecule has 27 heavy (non-hydrogen) atoms. The molecule has 2 aromatic rings. The SMILES string of the molecule is COc1ccc(NC(=O)CCCN(C)S(=O)(=O)c2ccc(F)cc2)cc1F. The van der Waals surface area contributed by atoms with Gasteiger partial charge in [-0.2, -0.15) is 0 Å². The second-order valence-corrected chi connectivity index (χ2v) is 7.83. The van der Waals surface area contributed by atoms with E-state index in [9.17, 15) is 22.0 Å². The molecule has 0 aliphatic heterocycles. The van der Waals surface area contributed by atoms with Crippen molar-refractivity contribution >= 4 is 21.6 Å². The summed E-state index contributed by atoms with van der Waals surface area (Å²) in [6.07, 6.45) is 0.318. The number of hydrogen-bond acceptors (Lipinski definition) is 4. The van der Waals surface area contributed by atoms with Crippen molar-refractivity contribution in [2.45, 2.75) is 17.7 Å². The Morgan fingerprint density at radius 3 is 2.41 bits per heavy atom. The minimum atomic E-state index is -3.75. The average Bonchev–Trinajstić information content (AvgIpc) is 2.62. The summed E-state index contributed by atoms with van der Waals surface area (Å²) in [5, 5.41) is 2.54. The average molecular weight is 398 g/mol. The number of carbonyl (C=O) groups is 1. The number of nitrogens with one attached hydrogen (secondary N) is 1. The van der Waals surface area contributed by atoms with Gasteiger partial charge in [0.05, 0.1) is 12.0 Å². The second kappa shape index (κ2) is 8.92. The van der Waals surface area contributed by atoms with E-state index in [1.165, 1.54) is 38.4 Å². The standard InChI is InChI=1S/C18H20F2N2O4S/c1-22(27(24,25)15-8-5-13(19)6-9-15)11-3-4-18(23)21-14-7-10-17(26-2)16(20)12-14/h5-10,12H,3-4,11H2,1-2H3,(H,21,23). The molecule has 2 rings (SSSR count). The van der Waals surface area contributed by atoms with Crippen LogP contribution in [0.4, 0.5) is 14.5 Å². The van der Waals surface area contributed by atoms with Gasteiger partial charge in [0, 0.05) is 31.8 Å². The van der Waals surface area contributed by atoms with E-state index in [-0.39, 0.29) is 41.6 Å². The largest absolute Gasteiger partial charge is 0.494 e. The molecule has 0 heterocycles. The monoisotopic (exact) mass is 398 g/mol. The quantitative estimate of drug-likeness (QED) is 0.742. The first kappa shape index (κ1) is 20.8. The Bertz CT molecular complexity index is 902. The van der Waals surface area contributed by atoms with Gasteiger partial charge in [-0.25, -0.2) is 21.5 Å². The third-order valence-corrected chi connectivity index (χ3v) is 5.71. The summed E-state index contributed by atoms with van der Waals surface area (Å²) < 4.78 is 57.1. The van der Waals surface area contributed by atoms with Crippen LogP contribution in [0.2, 0.25) is 0 Å². The maximum Gasteiger partial charge on any atom is 0.242 e. The molecule has 0 aliphatic carbocycles. The van der Waals surface area contributed by atoms with Crippen LogP contribution in [0.1, 0.15) is 12.8 Å². The fourth-order valence-corrected chi connectivity index (χ4v) is 3.55. The maximum atomic E-state index is 13.6. The van der Waals surface area contributed by atoms with E-state index in [1.54, 1.807) is 0 Å². The molecule has 1 amide bonds. The number of halogens is 2. The molecule has 0 bridgehead atoms. The summed E-state index contributed by atoms with van der Waals surface area (Å²) >= 11 is 0. The van der Waals surface area contributed by atoms with Crippen LogP contribution in [-0.2, 0) is 14.8 Å². The van der Waals surface area contributed by atoms with Gasteiger partial charge in [0.15, 0.2) is 11.6 Å².